The quantitative estimate of drug-likeness (QED) is 0.810. The minimum atomic E-state index is -0.288. The van der Waals surface area contributed by atoms with Crippen molar-refractivity contribution in [1.29, 1.82) is 0 Å². The molecule has 5 nitrogen and oxygen atoms in total. The topological polar surface area (TPSA) is 67.0 Å². The first-order valence-electron chi connectivity index (χ1n) is 6.50. The largest absolute Gasteiger partial charge is 0.482 e. The van der Waals surface area contributed by atoms with Crippen LogP contribution in [-0.4, -0.2) is 22.7 Å². The summed E-state index contributed by atoms with van der Waals surface area (Å²) in [5.41, 5.74) is 0.990. The molecule has 0 aliphatic carbocycles. The van der Waals surface area contributed by atoms with E-state index in [9.17, 15) is 4.79 Å². The smallest absolute Gasteiger partial charge is 0.263 e. The van der Waals surface area contributed by atoms with Crippen LogP contribution in [0.5, 0.6) is 5.75 Å². The molecule has 0 unspecified atom stereocenters. The van der Waals surface area contributed by atoms with Crippen molar-refractivity contribution in [2.24, 2.45) is 0 Å². The number of aryl methyl sites for hydroxylation is 1. The molecule has 1 heterocycles. The molecular formula is C14H15BrClN3O2. The molecule has 0 fully saturated rings. The van der Waals surface area contributed by atoms with Crippen molar-refractivity contribution in [3.05, 3.63) is 39.5 Å². The number of nitrogens with zero attached hydrogens (tertiary/aromatic N) is 1. The third-order valence-corrected chi connectivity index (χ3v) is 3.46. The summed E-state index contributed by atoms with van der Waals surface area (Å²) in [7, 11) is 0. The zero-order valence-corrected chi connectivity index (χ0v) is 13.8. The van der Waals surface area contributed by atoms with Crippen LogP contribution in [0.4, 0.5) is 5.82 Å². The second kappa shape index (κ2) is 7.47. The van der Waals surface area contributed by atoms with Crippen molar-refractivity contribution < 1.29 is 9.53 Å². The maximum atomic E-state index is 11.8. The van der Waals surface area contributed by atoms with Gasteiger partial charge in [0, 0.05) is 16.2 Å². The zero-order valence-electron chi connectivity index (χ0n) is 11.5. The van der Waals surface area contributed by atoms with Crippen molar-refractivity contribution >= 4 is 39.3 Å². The average molecular weight is 373 g/mol. The van der Waals surface area contributed by atoms with Crippen LogP contribution >= 0.6 is 27.5 Å². The highest BCUT2D eigenvalue weighted by Crippen LogP contribution is 2.27. The molecule has 0 bridgehead atoms. The maximum absolute atomic E-state index is 11.8. The van der Waals surface area contributed by atoms with E-state index in [2.05, 4.69) is 38.4 Å². The highest BCUT2D eigenvalue weighted by atomic mass is 79.9. The summed E-state index contributed by atoms with van der Waals surface area (Å²) in [4.78, 5) is 11.8. The Morgan fingerprint density at radius 1 is 1.48 bits per heavy atom. The lowest BCUT2D eigenvalue weighted by Crippen LogP contribution is -2.20. The number of halogens is 2. The van der Waals surface area contributed by atoms with E-state index in [1.54, 1.807) is 18.2 Å². The van der Waals surface area contributed by atoms with Crippen LogP contribution in [-0.2, 0) is 11.2 Å². The third kappa shape index (κ3) is 4.75. The summed E-state index contributed by atoms with van der Waals surface area (Å²) in [6.07, 6.45) is 1.91. The number of hydrogen-bond donors (Lipinski definition) is 2. The van der Waals surface area contributed by atoms with E-state index in [0.717, 1.165) is 23.0 Å². The summed E-state index contributed by atoms with van der Waals surface area (Å²) in [6, 6.07) is 7.02. The van der Waals surface area contributed by atoms with Gasteiger partial charge in [-0.15, -0.1) is 0 Å². The van der Waals surface area contributed by atoms with Crippen LogP contribution in [0.25, 0.3) is 0 Å². The third-order valence-electron chi connectivity index (χ3n) is 2.67. The molecule has 2 N–H and O–H groups in total. The van der Waals surface area contributed by atoms with E-state index < -0.39 is 0 Å². The Balaban J connectivity index is 1.86. The van der Waals surface area contributed by atoms with Gasteiger partial charge in [0.1, 0.15) is 5.75 Å². The number of aromatic nitrogens is 2. The molecule has 0 aliphatic rings. The molecule has 2 aromatic rings. The van der Waals surface area contributed by atoms with E-state index in [1.165, 1.54) is 0 Å². The molecule has 2 rings (SSSR count). The number of ether oxygens (including phenoxy) is 1. The molecule has 0 aliphatic heterocycles. The summed E-state index contributed by atoms with van der Waals surface area (Å²) in [5.74, 6) is 0.668. The van der Waals surface area contributed by atoms with Gasteiger partial charge in [0.25, 0.3) is 5.91 Å². The van der Waals surface area contributed by atoms with Gasteiger partial charge in [0.15, 0.2) is 12.4 Å². The molecule has 0 saturated heterocycles. The Morgan fingerprint density at radius 2 is 2.29 bits per heavy atom. The van der Waals surface area contributed by atoms with Gasteiger partial charge in [0.2, 0.25) is 0 Å². The maximum Gasteiger partial charge on any atom is 0.263 e. The highest BCUT2D eigenvalue weighted by molar-refractivity contribution is 9.10. The van der Waals surface area contributed by atoms with Crippen molar-refractivity contribution in [3.8, 4) is 5.75 Å². The Kier molecular flexibility index (Phi) is 5.64. The van der Waals surface area contributed by atoms with E-state index in [1.807, 2.05) is 6.07 Å². The summed E-state index contributed by atoms with van der Waals surface area (Å²) >= 11 is 9.31. The van der Waals surface area contributed by atoms with E-state index in [-0.39, 0.29) is 12.5 Å². The molecule has 0 saturated carbocycles. The molecule has 1 aromatic heterocycles. The number of rotatable bonds is 6. The predicted molar refractivity (Wildman–Crippen MR) is 85.9 cm³/mol. The average Bonchev–Trinajstić information content (AvgIpc) is 2.85. The number of benzene rings is 1. The lowest BCUT2D eigenvalue weighted by atomic mass is 10.2. The number of aromatic amines is 1. The van der Waals surface area contributed by atoms with Gasteiger partial charge in [-0.2, -0.15) is 5.10 Å². The Hall–Kier alpha value is -1.53. The van der Waals surface area contributed by atoms with Crippen molar-refractivity contribution in [3.63, 3.8) is 0 Å². The van der Waals surface area contributed by atoms with Gasteiger partial charge >= 0.3 is 0 Å². The van der Waals surface area contributed by atoms with Gasteiger partial charge in [-0.1, -0.05) is 40.9 Å². The molecule has 21 heavy (non-hydrogen) atoms. The van der Waals surface area contributed by atoms with E-state index in [4.69, 9.17) is 16.3 Å². The summed E-state index contributed by atoms with van der Waals surface area (Å²) in [6.45, 7) is 1.95. The second-order valence-corrected chi connectivity index (χ2v) is 5.76. The first-order chi connectivity index (χ1) is 10.1. The fourth-order valence-electron chi connectivity index (χ4n) is 1.74. The Labute approximate surface area is 136 Å². The fourth-order valence-corrected chi connectivity index (χ4v) is 2.47. The van der Waals surface area contributed by atoms with E-state index >= 15 is 0 Å². The standard InChI is InChI=1S/C14H15BrClN3O2/c1-2-3-10-7-13(19-18-10)17-14(20)8-21-12-5-4-9(15)6-11(12)16/h4-7H,2-3,8H2,1H3,(H2,17,18,19,20). The molecule has 0 spiro atoms. The van der Waals surface area contributed by atoms with Crippen LogP contribution in [0.3, 0.4) is 0 Å². The minimum absolute atomic E-state index is 0.128. The summed E-state index contributed by atoms with van der Waals surface area (Å²) < 4.78 is 6.23. The van der Waals surface area contributed by atoms with Gasteiger partial charge in [0.05, 0.1) is 5.02 Å². The molecule has 7 heteroatoms. The lowest BCUT2D eigenvalue weighted by molar-refractivity contribution is -0.118. The number of nitrogens with one attached hydrogen (secondary N) is 2. The molecule has 1 aromatic carbocycles. The molecule has 0 atom stereocenters. The molecule has 1 amide bonds. The number of anilines is 1. The van der Waals surface area contributed by atoms with Crippen LogP contribution in [0.15, 0.2) is 28.7 Å². The van der Waals surface area contributed by atoms with Crippen molar-refractivity contribution in [2.45, 2.75) is 19.8 Å². The number of H-pyrrole nitrogens is 1. The van der Waals surface area contributed by atoms with Crippen LogP contribution in [0, 0.1) is 0 Å². The molecule has 0 radical (unpaired) electrons. The first-order valence-corrected chi connectivity index (χ1v) is 7.67. The number of hydrogen-bond acceptors (Lipinski definition) is 3. The molecular weight excluding hydrogens is 358 g/mol. The number of carbonyl (C=O) groups is 1. The first kappa shape index (κ1) is 15.9. The summed E-state index contributed by atoms with van der Waals surface area (Å²) in [5, 5.41) is 9.99. The predicted octanol–water partition coefficient (Wildman–Crippen LogP) is 3.80. The monoisotopic (exact) mass is 371 g/mol. The van der Waals surface area contributed by atoms with Crippen molar-refractivity contribution in [1.82, 2.24) is 10.2 Å². The van der Waals surface area contributed by atoms with Crippen LogP contribution in [0.1, 0.15) is 19.0 Å². The van der Waals surface area contributed by atoms with Crippen molar-refractivity contribution in [2.75, 3.05) is 11.9 Å². The van der Waals surface area contributed by atoms with Gasteiger partial charge in [-0.25, -0.2) is 0 Å². The highest BCUT2D eigenvalue weighted by Gasteiger charge is 2.08. The zero-order chi connectivity index (χ0) is 15.2. The van der Waals surface area contributed by atoms with Gasteiger partial charge < -0.3 is 10.1 Å². The van der Waals surface area contributed by atoms with E-state index in [0.29, 0.717) is 16.6 Å². The normalized spacial score (nSPS) is 10.4. The second-order valence-electron chi connectivity index (χ2n) is 4.44. The molecule has 112 valence electrons. The Bertz CT molecular complexity index is 630. The lowest BCUT2D eigenvalue weighted by Gasteiger charge is -2.07. The number of carbonyl (C=O) groups excluding carboxylic acids is 1. The SMILES string of the molecule is CCCc1cc(NC(=O)COc2ccc(Br)cc2Cl)n[nH]1. The minimum Gasteiger partial charge on any atom is -0.482 e. The number of amides is 1. The van der Waals surface area contributed by atoms with Crippen LogP contribution < -0.4 is 10.1 Å². The van der Waals surface area contributed by atoms with Gasteiger partial charge in [-0.3, -0.25) is 9.89 Å². The van der Waals surface area contributed by atoms with Gasteiger partial charge in [-0.05, 0) is 24.6 Å². The van der Waals surface area contributed by atoms with Crippen LogP contribution in [0.2, 0.25) is 5.02 Å². The Morgan fingerprint density at radius 3 is 3.00 bits per heavy atom. The fraction of sp³-hybridized carbons (Fsp3) is 0.286.